The summed E-state index contributed by atoms with van der Waals surface area (Å²) in [6.07, 6.45) is -3.01. The van der Waals surface area contributed by atoms with E-state index in [9.17, 15) is 18.0 Å². The summed E-state index contributed by atoms with van der Waals surface area (Å²) in [5, 5.41) is 19.5. The third-order valence-corrected chi connectivity index (χ3v) is 5.04. The number of hydrogen-bond acceptors (Lipinski definition) is 6. The molecule has 0 atom stereocenters. The van der Waals surface area contributed by atoms with E-state index in [4.69, 9.17) is 9.84 Å². The van der Waals surface area contributed by atoms with Crippen molar-refractivity contribution in [2.75, 3.05) is 24.6 Å². The Morgan fingerprint density at radius 2 is 1.80 bits per heavy atom. The van der Waals surface area contributed by atoms with Crippen LogP contribution in [0, 0.1) is 0 Å². The Balaban J connectivity index is 1.42. The standard InChI is InChI=1S/C19H18F3N5O3/c20-19(21,22)18-24-23-15-5-6-16(25-27(15)18)26-9-7-13(8-10-26)12-1-3-14(4-2-12)30-11-17(28)29/h1-6,13H,7-11H2,(H,28,29). The molecule has 0 radical (unpaired) electrons. The summed E-state index contributed by atoms with van der Waals surface area (Å²) in [4.78, 5) is 12.5. The van der Waals surface area contributed by atoms with E-state index < -0.39 is 24.6 Å². The summed E-state index contributed by atoms with van der Waals surface area (Å²) < 4.78 is 45.1. The van der Waals surface area contributed by atoms with Gasteiger partial charge in [0.25, 0.3) is 5.82 Å². The molecule has 4 rings (SSSR count). The van der Waals surface area contributed by atoms with Crippen molar-refractivity contribution in [3.05, 3.63) is 47.8 Å². The van der Waals surface area contributed by atoms with Crippen molar-refractivity contribution in [2.45, 2.75) is 24.9 Å². The Morgan fingerprint density at radius 1 is 1.10 bits per heavy atom. The Kier molecular flexibility index (Phi) is 5.18. The van der Waals surface area contributed by atoms with E-state index in [0.717, 1.165) is 22.9 Å². The summed E-state index contributed by atoms with van der Waals surface area (Å²) >= 11 is 0. The van der Waals surface area contributed by atoms with Crippen LogP contribution in [0.25, 0.3) is 5.65 Å². The number of anilines is 1. The first-order valence-electron chi connectivity index (χ1n) is 9.30. The third-order valence-electron chi connectivity index (χ3n) is 5.04. The zero-order valence-corrected chi connectivity index (χ0v) is 15.7. The molecule has 1 N–H and O–H groups in total. The molecule has 0 bridgehead atoms. The van der Waals surface area contributed by atoms with Crippen LogP contribution < -0.4 is 9.64 Å². The minimum Gasteiger partial charge on any atom is -0.482 e. The molecule has 1 aromatic carbocycles. The highest BCUT2D eigenvalue weighted by atomic mass is 19.4. The van der Waals surface area contributed by atoms with Gasteiger partial charge in [-0.2, -0.15) is 17.7 Å². The lowest BCUT2D eigenvalue weighted by Gasteiger charge is -2.33. The number of aliphatic carboxylic acids is 1. The summed E-state index contributed by atoms with van der Waals surface area (Å²) in [6.45, 7) is 0.894. The lowest BCUT2D eigenvalue weighted by molar-refractivity contribution is -0.146. The largest absolute Gasteiger partial charge is 0.482 e. The van der Waals surface area contributed by atoms with Gasteiger partial charge < -0.3 is 14.7 Å². The second-order valence-corrected chi connectivity index (χ2v) is 7.00. The van der Waals surface area contributed by atoms with E-state index in [1.807, 2.05) is 17.0 Å². The van der Waals surface area contributed by atoms with Crippen molar-refractivity contribution < 1.29 is 27.8 Å². The van der Waals surface area contributed by atoms with Crippen molar-refractivity contribution in [3.8, 4) is 5.75 Å². The topological polar surface area (TPSA) is 92.9 Å². The highest BCUT2D eigenvalue weighted by Gasteiger charge is 2.38. The molecule has 0 unspecified atom stereocenters. The van der Waals surface area contributed by atoms with Crippen molar-refractivity contribution >= 4 is 17.4 Å². The van der Waals surface area contributed by atoms with Crippen molar-refractivity contribution in [3.63, 3.8) is 0 Å². The fourth-order valence-corrected chi connectivity index (χ4v) is 3.55. The van der Waals surface area contributed by atoms with E-state index in [1.54, 1.807) is 18.2 Å². The maximum absolute atomic E-state index is 13.1. The van der Waals surface area contributed by atoms with Crippen LogP contribution in [0.4, 0.5) is 19.0 Å². The SMILES string of the molecule is O=C(O)COc1ccc(C2CCN(c3ccc4nnc(C(F)(F)F)n4n3)CC2)cc1. The first-order valence-corrected chi connectivity index (χ1v) is 9.30. The van der Waals surface area contributed by atoms with Crippen LogP contribution in [-0.4, -0.2) is 50.6 Å². The van der Waals surface area contributed by atoms with Gasteiger partial charge in [0.2, 0.25) is 0 Å². The minimum atomic E-state index is -4.63. The smallest absolute Gasteiger partial charge is 0.453 e. The van der Waals surface area contributed by atoms with Gasteiger partial charge in [0.15, 0.2) is 12.3 Å². The molecule has 30 heavy (non-hydrogen) atoms. The Bertz CT molecular complexity index is 1040. The monoisotopic (exact) mass is 421 g/mol. The zero-order valence-electron chi connectivity index (χ0n) is 15.7. The molecular weight excluding hydrogens is 403 g/mol. The molecule has 1 aliphatic heterocycles. The van der Waals surface area contributed by atoms with Gasteiger partial charge in [0.05, 0.1) is 0 Å². The highest BCUT2D eigenvalue weighted by Crippen LogP contribution is 2.32. The van der Waals surface area contributed by atoms with E-state index >= 15 is 0 Å². The number of hydrogen-bond donors (Lipinski definition) is 1. The van der Waals surface area contributed by atoms with E-state index in [-0.39, 0.29) is 5.65 Å². The molecule has 1 aliphatic rings. The highest BCUT2D eigenvalue weighted by molar-refractivity contribution is 5.68. The van der Waals surface area contributed by atoms with Gasteiger partial charge in [-0.25, -0.2) is 4.79 Å². The fraction of sp³-hybridized carbons (Fsp3) is 0.368. The van der Waals surface area contributed by atoms with Crippen molar-refractivity contribution in [1.29, 1.82) is 0 Å². The molecule has 1 saturated heterocycles. The van der Waals surface area contributed by atoms with Crippen LogP contribution in [0.1, 0.15) is 30.1 Å². The summed E-state index contributed by atoms with van der Waals surface area (Å²) in [5.41, 5.74) is 1.16. The Morgan fingerprint density at radius 3 is 2.43 bits per heavy atom. The summed E-state index contributed by atoms with van der Waals surface area (Å²) in [6, 6.07) is 10.4. The van der Waals surface area contributed by atoms with Crippen LogP contribution in [0.15, 0.2) is 36.4 Å². The van der Waals surface area contributed by atoms with E-state index in [1.165, 1.54) is 6.07 Å². The number of rotatable bonds is 5. The Labute approximate surface area is 168 Å². The number of ether oxygens (including phenoxy) is 1. The fourth-order valence-electron chi connectivity index (χ4n) is 3.55. The average molecular weight is 421 g/mol. The molecule has 8 nitrogen and oxygen atoms in total. The number of carboxylic acid groups (broad SMARTS) is 1. The summed E-state index contributed by atoms with van der Waals surface area (Å²) in [5.74, 6) is -0.945. The number of fused-ring (bicyclic) bond motifs is 1. The Hall–Kier alpha value is -3.37. The number of piperidine rings is 1. The van der Waals surface area contributed by atoms with Crippen LogP contribution in [0.2, 0.25) is 0 Å². The van der Waals surface area contributed by atoms with Gasteiger partial charge >= 0.3 is 12.1 Å². The molecule has 158 valence electrons. The number of aromatic nitrogens is 4. The quantitative estimate of drug-likeness (QED) is 0.677. The number of carboxylic acids is 1. The van der Waals surface area contributed by atoms with E-state index in [0.29, 0.717) is 30.6 Å². The average Bonchev–Trinajstić information content (AvgIpc) is 3.16. The van der Waals surface area contributed by atoms with Gasteiger partial charge in [-0.3, -0.25) is 0 Å². The molecule has 2 aromatic heterocycles. The molecule has 11 heteroatoms. The van der Waals surface area contributed by atoms with Crippen molar-refractivity contribution in [1.82, 2.24) is 19.8 Å². The lowest BCUT2D eigenvalue weighted by Crippen LogP contribution is -2.34. The zero-order chi connectivity index (χ0) is 21.3. The molecule has 3 heterocycles. The minimum absolute atomic E-state index is 0.0474. The maximum Gasteiger partial charge on any atom is 0.453 e. The number of halogens is 3. The normalized spacial score (nSPS) is 15.5. The van der Waals surface area contributed by atoms with Crippen LogP contribution in [0.3, 0.4) is 0 Å². The van der Waals surface area contributed by atoms with Crippen molar-refractivity contribution in [2.24, 2.45) is 0 Å². The molecule has 0 saturated carbocycles. The second kappa shape index (κ2) is 7.81. The predicted molar refractivity (Wildman–Crippen MR) is 99.5 cm³/mol. The number of alkyl halides is 3. The molecule has 0 amide bonds. The first-order chi connectivity index (χ1) is 14.3. The van der Waals surface area contributed by atoms with Gasteiger partial charge in [-0.05, 0) is 48.6 Å². The second-order valence-electron chi connectivity index (χ2n) is 7.00. The molecular formula is C19H18F3N5O3. The lowest BCUT2D eigenvalue weighted by atomic mass is 9.89. The number of carbonyl (C=O) groups is 1. The third kappa shape index (κ3) is 4.14. The number of benzene rings is 1. The molecule has 0 spiro atoms. The van der Waals surface area contributed by atoms with Crippen LogP contribution >= 0.6 is 0 Å². The molecule has 3 aromatic rings. The molecule has 1 fully saturated rings. The maximum atomic E-state index is 13.1. The van der Waals surface area contributed by atoms with Crippen LogP contribution in [-0.2, 0) is 11.0 Å². The van der Waals surface area contributed by atoms with Gasteiger partial charge in [-0.15, -0.1) is 15.3 Å². The first kappa shape index (κ1) is 19.9. The van der Waals surface area contributed by atoms with Crippen LogP contribution in [0.5, 0.6) is 5.75 Å². The number of nitrogens with zero attached hydrogens (tertiary/aromatic N) is 5. The van der Waals surface area contributed by atoms with Gasteiger partial charge in [-0.1, -0.05) is 12.1 Å². The van der Waals surface area contributed by atoms with Gasteiger partial charge in [0, 0.05) is 13.1 Å². The molecule has 0 aliphatic carbocycles. The van der Waals surface area contributed by atoms with Gasteiger partial charge in [0.1, 0.15) is 11.6 Å². The predicted octanol–water partition coefficient (Wildman–Crippen LogP) is 2.99. The summed E-state index contributed by atoms with van der Waals surface area (Å²) in [7, 11) is 0. The van der Waals surface area contributed by atoms with E-state index in [2.05, 4.69) is 15.3 Å².